The molecule has 0 saturated carbocycles. The maximum absolute atomic E-state index is 5.13. The molecule has 10 heavy (non-hydrogen) atoms. The van der Waals surface area contributed by atoms with E-state index < -0.39 is 0 Å². The van der Waals surface area contributed by atoms with Crippen molar-refractivity contribution in [3.8, 4) is 0 Å². The van der Waals surface area contributed by atoms with Gasteiger partial charge in [-0.15, -0.1) is 6.58 Å². The fraction of sp³-hybridized carbons (Fsp3) is 0.750. The summed E-state index contributed by atoms with van der Waals surface area (Å²) in [6, 6.07) is 0. The minimum atomic E-state index is 0.809. The standard InChI is InChI=1S/C8H17NO/c1-3-5-6-9-7-8-10-4-2/h3,9H,1,4-8H2,2H3. The van der Waals surface area contributed by atoms with Crippen molar-refractivity contribution in [2.75, 3.05) is 26.3 Å². The summed E-state index contributed by atoms with van der Waals surface area (Å²) in [5.74, 6) is 0. The predicted molar refractivity (Wildman–Crippen MR) is 44.2 cm³/mol. The van der Waals surface area contributed by atoms with E-state index in [4.69, 9.17) is 4.74 Å². The zero-order valence-electron chi connectivity index (χ0n) is 6.73. The zero-order chi connectivity index (χ0) is 7.66. The van der Waals surface area contributed by atoms with E-state index >= 15 is 0 Å². The zero-order valence-corrected chi connectivity index (χ0v) is 6.73. The van der Waals surface area contributed by atoms with Gasteiger partial charge in [-0.3, -0.25) is 0 Å². The molecule has 2 nitrogen and oxygen atoms in total. The van der Waals surface area contributed by atoms with Crippen LogP contribution in [0, 0.1) is 0 Å². The molecule has 0 aromatic carbocycles. The Morgan fingerprint density at radius 3 is 2.90 bits per heavy atom. The molecule has 0 aromatic rings. The highest BCUT2D eigenvalue weighted by Crippen LogP contribution is 1.75. The second kappa shape index (κ2) is 8.66. The van der Waals surface area contributed by atoms with Gasteiger partial charge in [-0.25, -0.2) is 0 Å². The minimum Gasteiger partial charge on any atom is -0.380 e. The Morgan fingerprint density at radius 1 is 1.50 bits per heavy atom. The highest BCUT2D eigenvalue weighted by molar-refractivity contribution is 4.66. The van der Waals surface area contributed by atoms with E-state index in [-0.39, 0.29) is 0 Å². The molecule has 0 rings (SSSR count). The average molecular weight is 143 g/mol. The Bertz CT molecular complexity index is 73.7. The molecule has 0 radical (unpaired) electrons. The third-order valence-corrected chi connectivity index (χ3v) is 1.15. The van der Waals surface area contributed by atoms with Crippen molar-refractivity contribution in [2.45, 2.75) is 13.3 Å². The Hall–Kier alpha value is -0.340. The molecule has 0 saturated heterocycles. The first-order chi connectivity index (χ1) is 4.91. The fourth-order valence-electron chi connectivity index (χ4n) is 0.618. The van der Waals surface area contributed by atoms with Crippen LogP contribution in [0.2, 0.25) is 0 Å². The number of rotatable bonds is 7. The Balaban J connectivity index is 2.70. The number of ether oxygens (including phenoxy) is 1. The second-order valence-electron chi connectivity index (χ2n) is 2.02. The SMILES string of the molecule is C=CCCNCCOCC. The average Bonchev–Trinajstić information content (AvgIpc) is 1.97. The third kappa shape index (κ3) is 7.66. The molecule has 0 fully saturated rings. The van der Waals surface area contributed by atoms with Crippen molar-refractivity contribution < 1.29 is 4.74 Å². The first kappa shape index (κ1) is 9.66. The third-order valence-electron chi connectivity index (χ3n) is 1.15. The van der Waals surface area contributed by atoms with Gasteiger partial charge in [0.25, 0.3) is 0 Å². The minimum absolute atomic E-state index is 0.809. The van der Waals surface area contributed by atoms with Gasteiger partial charge in [0.2, 0.25) is 0 Å². The van der Waals surface area contributed by atoms with E-state index in [1.165, 1.54) is 0 Å². The van der Waals surface area contributed by atoms with E-state index in [0.717, 1.165) is 32.7 Å². The van der Waals surface area contributed by atoms with Crippen LogP contribution in [0.3, 0.4) is 0 Å². The Morgan fingerprint density at radius 2 is 2.30 bits per heavy atom. The maximum Gasteiger partial charge on any atom is 0.0590 e. The van der Waals surface area contributed by atoms with E-state index in [1.807, 2.05) is 13.0 Å². The molecule has 60 valence electrons. The topological polar surface area (TPSA) is 21.3 Å². The van der Waals surface area contributed by atoms with Crippen molar-refractivity contribution in [3.63, 3.8) is 0 Å². The second-order valence-corrected chi connectivity index (χ2v) is 2.02. The molecule has 0 heterocycles. The van der Waals surface area contributed by atoms with Crippen molar-refractivity contribution in [1.82, 2.24) is 5.32 Å². The molecular weight excluding hydrogens is 126 g/mol. The smallest absolute Gasteiger partial charge is 0.0590 e. The molecule has 0 aliphatic carbocycles. The maximum atomic E-state index is 5.13. The molecule has 0 aliphatic rings. The van der Waals surface area contributed by atoms with Gasteiger partial charge < -0.3 is 10.1 Å². The van der Waals surface area contributed by atoms with E-state index in [2.05, 4.69) is 11.9 Å². The number of hydrogen-bond donors (Lipinski definition) is 1. The van der Waals surface area contributed by atoms with Crippen LogP contribution in [0.4, 0.5) is 0 Å². The highest BCUT2D eigenvalue weighted by atomic mass is 16.5. The molecule has 0 amide bonds. The van der Waals surface area contributed by atoms with Gasteiger partial charge in [0, 0.05) is 13.2 Å². The van der Waals surface area contributed by atoms with Crippen molar-refractivity contribution in [1.29, 1.82) is 0 Å². The van der Waals surface area contributed by atoms with Gasteiger partial charge in [-0.2, -0.15) is 0 Å². The molecule has 0 spiro atoms. The lowest BCUT2D eigenvalue weighted by molar-refractivity contribution is 0.149. The lowest BCUT2D eigenvalue weighted by Gasteiger charge is -2.01. The van der Waals surface area contributed by atoms with Crippen LogP contribution in [0.1, 0.15) is 13.3 Å². The predicted octanol–water partition coefficient (Wildman–Crippen LogP) is 1.19. The lowest BCUT2D eigenvalue weighted by Crippen LogP contribution is -2.20. The van der Waals surface area contributed by atoms with Crippen LogP contribution < -0.4 is 5.32 Å². The summed E-state index contributed by atoms with van der Waals surface area (Å²) in [5, 5.41) is 3.22. The van der Waals surface area contributed by atoms with E-state index in [0.29, 0.717) is 0 Å². The number of hydrogen-bond acceptors (Lipinski definition) is 2. The molecule has 1 N–H and O–H groups in total. The fourth-order valence-corrected chi connectivity index (χ4v) is 0.618. The van der Waals surface area contributed by atoms with Crippen LogP contribution in [-0.2, 0) is 4.74 Å². The largest absolute Gasteiger partial charge is 0.380 e. The van der Waals surface area contributed by atoms with Crippen LogP contribution in [-0.4, -0.2) is 26.3 Å². The van der Waals surface area contributed by atoms with Gasteiger partial charge in [0.05, 0.1) is 6.61 Å². The summed E-state index contributed by atoms with van der Waals surface area (Å²) >= 11 is 0. The summed E-state index contributed by atoms with van der Waals surface area (Å²) < 4.78 is 5.13. The normalized spacial score (nSPS) is 9.70. The molecule has 2 heteroatoms. The first-order valence-electron chi connectivity index (χ1n) is 3.81. The monoisotopic (exact) mass is 143 g/mol. The molecular formula is C8H17NO. The summed E-state index contributed by atoms with van der Waals surface area (Å²) in [6.45, 7) is 9.21. The van der Waals surface area contributed by atoms with Gasteiger partial charge in [0.15, 0.2) is 0 Å². The summed E-state index contributed by atoms with van der Waals surface area (Å²) in [5.41, 5.74) is 0. The molecule has 0 unspecified atom stereocenters. The Kier molecular flexibility index (Phi) is 8.37. The van der Waals surface area contributed by atoms with Crippen LogP contribution >= 0.6 is 0 Å². The summed E-state index contributed by atoms with van der Waals surface area (Å²) in [7, 11) is 0. The first-order valence-corrected chi connectivity index (χ1v) is 3.81. The molecule has 0 aliphatic heterocycles. The molecule has 0 atom stereocenters. The quantitative estimate of drug-likeness (QED) is 0.427. The molecule has 0 bridgehead atoms. The van der Waals surface area contributed by atoms with E-state index in [1.54, 1.807) is 0 Å². The Labute approximate surface area is 63.3 Å². The summed E-state index contributed by atoms with van der Waals surface area (Å²) in [4.78, 5) is 0. The summed E-state index contributed by atoms with van der Waals surface area (Å²) in [6.07, 6.45) is 2.94. The van der Waals surface area contributed by atoms with Crippen LogP contribution in [0.15, 0.2) is 12.7 Å². The van der Waals surface area contributed by atoms with Gasteiger partial charge in [-0.1, -0.05) is 6.08 Å². The van der Waals surface area contributed by atoms with Gasteiger partial charge in [-0.05, 0) is 19.9 Å². The van der Waals surface area contributed by atoms with Crippen LogP contribution in [0.5, 0.6) is 0 Å². The van der Waals surface area contributed by atoms with Crippen molar-refractivity contribution in [2.24, 2.45) is 0 Å². The van der Waals surface area contributed by atoms with Gasteiger partial charge >= 0.3 is 0 Å². The lowest BCUT2D eigenvalue weighted by atomic mass is 10.4. The highest BCUT2D eigenvalue weighted by Gasteiger charge is 1.83. The molecule has 0 aromatic heterocycles. The van der Waals surface area contributed by atoms with Crippen LogP contribution in [0.25, 0.3) is 0 Å². The van der Waals surface area contributed by atoms with Crippen molar-refractivity contribution in [3.05, 3.63) is 12.7 Å². The van der Waals surface area contributed by atoms with E-state index in [9.17, 15) is 0 Å². The van der Waals surface area contributed by atoms with Gasteiger partial charge in [0.1, 0.15) is 0 Å². The van der Waals surface area contributed by atoms with Crippen molar-refractivity contribution >= 4 is 0 Å². The number of nitrogens with one attached hydrogen (secondary N) is 1.